The van der Waals surface area contributed by atoms with E-state index in [9.17, 15) is 4.79 Å². The van der Waals surface area contributed by atoms with Gasteiger partial charge in [-0.25, -0.2) is 9.78 Å². The number of carbonyl (C=O) groups excluding carboxylic acids is 1. The summed E-state index contributed by atoms with van der Waals surface area (Å²) in [5.74, 6) is 1.61. The second-order valence-corrected chi connectivity index (χ2v) is 8.43. The molecule has 4 rings (SSSR count). The number of nitrogens with one attached hydrogen (secondary N) is 3. The maximum absolute atomic E-state index is 12.4. The summed E-state index contributed by atoms with van der Waals surface area (Å²) in [4.78, 5) is 20.8. The van der Waals surface area contributed by atoms with Gasteiger partial charge in [0.1, 0.15) is 11.6 Å². The van der Waals surface area contributed by atoms with Gasteiger partial charge in [-0.15, -0.1) is 0 Å². The van der Waals surface area contributed by atoms with Crippen molar-refractivity contribution in [1.29, 1.82) is 0 Å². The summed E-state index contributed by atoms with van der Waals surface area (Å²) in [6.07, 6.45) is 4.00. The molecule has 0 saturated carbocycles. The first-order valence-corrected chi connectivity index (χ1v) is 12.1. The molecule has 0 fully saturated rings. The molecule has 1 heterocycles. The van der Waals surface area contributed by atoms with E-state index in [4.69, 9.17) is 9.72 Å². The van der Waals surface area contributed by atoms with Crippen LogP contribution < -0.4 is 15.4 Å². The largest absolute Gasteiger partial charge is 0.497 e. The van der Waals surface area contributed by atoms with Gasteiger partial charge < -0.3 is 20.4 Å². The summed E-state index contributed by atoms with van der Waals surface area (Å²) in [6, 6.07) is 25.7. The van der Waals surface area contributed by atoms with Crippen LogP contribution in [0.2, 0.25) is 0 Å². The summed E-state index contributed by atoms with van der Waals surface area (Å²) < 4.78 is 5.29. The van der Waals surface area contributed by atoms with E-state index in [1.54, 1.807) is 7.11 Å². The molecule has 1 aromatic heterocycles. The van der Waals surface area contributed by atoms with Crippen LogP contribution in [0.25, 0.3) is 22.6 Å². The molecular formula is C29H32N4O2. The van der Waals surface area contributed by atoms with Gasteiger partial charge in [0.25, 0.3) is 0 Å². The second-order valence-electron chi connectivity index (χ2n) is 8.43. The molecule has 6 nitrogen and oxygen atoms in total. The lowest BCUT2D eigenvalue weighted by Gasteiger charge is -2.09. The predicted molar refractivity (Wildman–Crippen MR) is 142 cm³/mol. The van der Waals surface area contributed by atoms with Crippen LogP contribution in [-0.2, 0) is 12.8 Å². The van der Waals surface area contributed by atoms with Gasteiger partial charge in [-0.05, 0) is 54.8 Å². The predicted octanol–water partition coefficient (Wildman–Crippen LogP) is 6.46. The van der Waals surface area contributed by atoms with Crippen molar-refractivity contribution in [3.05, 3.63) is 90.1 Å². The number of methoxy groups -OCH3 is 1. The monoisotopic (exact) mass is 468 g/mol. The second kappa shape index (κ2) is 11.9. The number of imidazole rings is 1. The van der Waals surface area contributed by atoms with Gasteiger partial charge in [0.15, 0.2) is 0 Å². The third-order valence-corrected chi connectivity index (χ3v) is 5.88. The van der Waals surface area contributed by atoms with Crippen LogP contribution in [0.3, 0.4) is 0 Å². The van der Waals surface area contributed by atoms with Crippen molar-refractivity contribution < 1.29 is 9.53 Å². The average Bonchev–Trinajstić information content (AvgIpc) is 3.33. The van der Waals surface area contributed by atoms with Crippen LogP contribution in [0.5, 0.6) is 5.75 Å². The Kier molecular flexibility index (Phi) is 8.17. The Bertz CT molecular complexity index is 1220. The first-order valence-electron chi connectivity index (χ1n) is 12.1. The lowest BCUT2D eigenvalue weighted by Crippen LogP contribution is -2.30. The van der Waals surface area contributed by atoms with Crippen molar-refractivity contribution in [3.8, 4) is 28.4 Å². The first-order chi connectivity index (χ1) is 17.2. The molecule has 0 spiro atoms. The highest BCUT2D eigenvalue weighted by molar-refractivity contribution is 5.89. The zero-order chi connectivity index (χ0) is 24.5. The number of H-pyrrole nitrogens is 1. The van der Waals surface area contributed by atoms with Crippen LogP contribution in [0, 0.1) is 0 Å². The number of ether oxygens (including phenoxy) is 1. The lowest BCUT2D eigenvalue weighted by molar-refractivity contribution is 0.252. The summed E-state index contributed by atoms with van der Waals surface area (Å²) >= 11 is 0. The van der Waals surface area contributed by atoms with Crippen molar-refractivity contribution in [3.63, 3.8) is 0 Å². The number of anilines is 1. The third kappa shape index (κ3) is 6.51. The Balaban J connectivity index is 1.42. The number of benzene rings is 3. The van der Waals surface area contributed by atoms with Crippen molar-refractivity contribution in [1.82, 2.24) is 15.3 Å². The average molecular weight is 469 g/mol. The highest BCUT2D eigenvalue weighted by Crippen LogP contribution is 2.28. The molecule has 6 heteroatoms. The SMILES string of the molecule is CCCCc1ccc(NC(=O)NCCc2nc(-c3ccccc3)[nH]c2-c2ccc(OC)cc2)cc1. The third-order valence-electron chi connectivity index (χ3n) is 5.88. The number of rotatable bonds is 10. The van der Waals surface area contributed by atoms with E-state index >= 15 is 0 Å². The Labute approximate surface area is 206 Å². The molecule has 35 heavy (non-hydrogen) atoms. The molecule has 4 aromatic rings. The van der Waals surface area contributed by atoms with Gasteiger partial charge in [-0.2, -0.15) is 0 Å². The number of hydrogen-bond donors (Lipinski definition) is 3. The molecule has 0 radical (unpaired) electrons. The van der Waals surface area contributed by atoms with E-state index in [0.29, 0.717) is 13.0 Å². The van der Waals surface area contributed by atoms with E-state index in [-0.39, 0.29) is 6.03 Å². The normalized spacial score (nSPS) is 10.7. The Hall–Kier alpha value is -4.06. The van der Waals surface area contributed by atoms with Gasteiger partial charge in [0.2, 0.25) is 0 Å². The fourth-order valence-corrected chi connectivity index (χ4v) is 3.92. The van der Waals surface area contributed by atoms with Crippen molar-refractivity contribution in [2.24, 2.45) is 0 Å². The summed E-state index contributed by atoms with van der Waals surface area (Å²) in [6.45, 7) is 2.65. The van der Waals surface area contributed by atoms with E-state index < -0.39 is 0 Å². The number of aromatic nitrogens is 2. The highest BCUT2D eigenvalue weighted by atomic mass is 16.5. The van der Waals surface area contributed by atoms with E-state index in [1.165, 1.54) is 18.4 Å². The number of aryl methyl sites for hydroxylation is 1. The molecule has 3 aromatic carbocycles. The van der Waals surface area contributed by atoms with Crippen molar-refractivity contribution in [2.75, 3.05) is 19.0 Å². The van der Waals surface area contributed by atoms with Crippen molar-refractivity contribution >= 4 is 11.7 Å². The lowest BCUT2D eigenvalue weighted by atomic mass is 10.1. The topological polar surface area (TPSA) is 79.0 Å². The molecule has 0 aliphatic carbocycles. The molecule has 3 N–H and O–H groups in total. The summed E-state index contributed by atoms with van der Waals surface area (Å²) in [5.41, 5.74) is 5.94. The number of aromatic amines is 1. The van der Waals surface area contributed by atoms with Gasteiger partial charge >= 0.3 is 6.03 Å². The molecule has 0 aliphatic rings. The van der Waals surface area contributed by atoms with E-state index in [1.807, 2.05) is 66.7 Å². The zero-order valence-corrected chi connectivity index (χ0v) is 20.3. The molecule has 0 saturated heterocycles. The molecule has 0 aliphatic heterocycles. The Morgan fingerprint density at radius 3 is 2.34 bits per heavy atom. The Morgan fingerprint density at radius 2 is 1.66 bits per heavy atom. The van der Waals surface area contributed by atoms with Gasteiger partial charge in [-0.1, -0.05) is 55.8 Å². The minimum atomic E-state index is -0.226. The fraction of sp³-hybridized carbons (Fsp3) is 0.241. The minimum absolute atomic E-state index is 0.226. The smallest absolute Gasteiger partial charge is 0.319 e. The maximum Gasteiger partial charge on any atom is 0.319 e. The van der Waals surface area contributed by atoms with Crippen LogP contribution >= 0.6 is 0 Å². The zero-order valence-electron chi connectivity index (χ0n) is 20.3. The number of hydrogen-bond acceptors (Lipinski definition) is 3. The van der Waals surface area contributed by atoms with E-state index in [0.717, 1.165) is 46.2 Å². The highest BCUT2D eigenvalue weighted by Gasteiger charge is 2.14. The fourth-order valence-electron chi connectivity index (χ4n) is 3.92. The van der Waals surface area contributed by atoms with Crippen LogP contribution in [0.15, 0.2) is 78.9 Å². The quantitative estimate of drug-likeness (QED) is 0.250. The number of urea groups is 1. The van der Waals surface area contributed by atoms with Crippen LogP contribution in [0.4, 0.5) is 10.5 Å². The summed E-state index contributed by atoms with van der Waals surface area (Å²) in [5, 5.41) is 5.86. The van der Waals surface area contributed by atoms with Gasteiger partial charge in [0, 0.05) is 29.8 Å². The minimum Gasteiger partial charge on any atom is -0.497 e. The van der Waals surface area contributed by atoms with E-state index in [2.05, 4.69) is 34.7 Å². The molecule has 2 amide bonds. The van der Waals surface area contributed by atoms with Gasteiger partial charge in [0.05, 0.1) is 18.5 Å². The first kappa shape index (κ1) is 24.1. The summed E-state index contributed by atoms with van der Waals surface area (Å²) in [7, 11) is 1.65. The maximum atomic E-state index is 12.4. The number of nitrogens with zero attached hydrogens (tertiary/aromatic N) is 1. The Morgan fingerprint density at radius 1 is 0.914 bits per heavy atom. The number of carbonyl (C=O) groups is 1. The molecular weight excluding hydrogens is 436 g/mol. The molecule has 0 unspecified atom stereocenters. The molecule has 180 valence electrons. The molecule has 0 atom stereocenters. The van der Waals surface area contributed by atoms with Gasteiger partial charge in [-0.3, -0.25) is 0 Å². The van der Waals surface area contributed by atoms with Crippen molar-refractivity contribution in [2.45, 2.75) is 32.6 Å². The standard InChI is InChI=1S/C29H32N4O2/c1-3-4-8-21-11-15-24(16-12-21)31-29(34)30-20-19-26-27(22-13-17-25(35-2)18-14-22)33-28(32-26)23-9-6-5-7-10-23/h5-7,9-18H,3-4,8,19-20H2,1-2H3,(H,32,33)(H2,30,31,34). The van der Waals surface area contributed by atoms with Crippen LogP contribution in [0.1, 0.15) is 31.0 Å². The van der Waals surface area contributed by atoms with Crippen LogP contribution in [-0.4, -0.2) is 29.7 Å². The number of unbranched alkanes of at least 4 members (excludes halogenated alkanes) is 1. The number of amides is 2. The molecule has 0 bridgehead atoms.